The largest absolute Gasteiger partial charge is 0.395 e. The molecule has 4 heteroatoms. The normalized spacial score (nSPS) is 13.4. The highest BCUT2D eigenvalue weighted by molar-refractivity contribution is 6.66. The van der Waals surface area contributed by atoms with Gasteiger partial charge in [0, 0.05) is 19.1 Å². The predicted octanol–water partition coefficient (Wildman–Crippen LogP) is 3.30. The lowest BCUT2D eigenvalue weighted by molar-refractivity contribution is -0.117. The average molecular weight is 258 g/mol. The van der Waals surface area contributed by atoms with Gasteiger partial charge in [0.1, 0.15) is 0 Å². The third-order valence-corrected chi connectivity index (χ3v) is 5.91. The molecule has 0 bridgehead atoms. The van der Waals surface area contributed by atoms with Gasteiger partial charge < -0.3 is 8.85 Å². The Morgan fingerprint density at radius 1 is 1.35 bits per heavy atom. The first-order chi connectivity index (χ1) is 7.99. The van der Waals surface area contributed by atoms with Crippen LogP contribution in [-0.4, -0.2) is 27.6 Å². The van der Waals surface area contributed by atoms with E-state index in [4.69, 9.17) is 8.85 Å². The molecule has 0 heterocycles. The van der Waals surface area contributed by atoms with E-state index >= 15 is 0 Å². The van der Waals surface area contributed by atoms with Gasteiger partial charge in [0.2, 0.25) is 0 Å². The van der Waals surface area contributed by atoms with Crippen LogP contribution in [0.5, 0.6) is 0 Å². The Kier molecular flexibility index (Phi) is 8.38. The topological polar surface area (TPSA) is 35.5 Å². The smallest absolute Gasteiger partial charge is 0.334 e. The quantitative estimate of drug-likeness (QED) is 0.445. The van der Waals surface area contributed by atoms with E-state index in [0.29, 0.717) is 13.2 Å². The molecule has 0 spiro atoms. The molecular formula is C13H26O3Si. The first-order valence-corrected chi connectivity index (χ1v) is 8.95. The molecule has 0 aromatic carbocycles. The highest BCUT2D eigenvalue weighted by atomic mass is 28.4. The Morgan fingerprint density at radius 2 is 1.88 bits per heavy atom. The van der Waals surface area contributed by atoms with E-state index in [0.717, 1.165) is 18.9 Å². The van der Waals surface area contributed by atoms with Gasteiger partial charge in [0.05, 0.1) is 0 Å². The third kappa shape index (κ3) is 6.76. The van der Waals surface area contributed by atoms with Gasteiger partial charge in [-0.2, -0.15) is 0 Å². The number of ketones is 1. The second kappa shape index (κ2) is 8.61. The fourth-order valence-corrected chi connectivity index (χ4v) is 4.31. The Hall–Kier alpha value is -0.453. The molecule has 3 nitrogen and oxygen atoms in total. The van der Waals surface area contributed by atoms with Gasteiger partial charge >= 0.3 is 8.56 Å². The molecule has 0 saturated carbocycles. The van der Waals surface area contributed by atoms with Crippen LogP contribution in [0.4, 0.5) is 0 Å². The highest BCUT2D eigenvalue weighted by Crippen LogP contribution is 2.19. The number of hydrogen-bond donors (Lipinski definition) is 0. The average Bonchev–Trinajstić information content (AvgIpc) is 2.28. The summed E-state index contributed by atoms with van der Waals surface area (Å²) in [5.41, 5.74) is 0. The van der Waals surface area contributed by atoms with E-state index in [-0.39, 0.29) is 11.7 Å². The van der Waals surface area contributed by atoms with Crippen molar-refractivity contribution in [2.45, 2.75) is 46.2 Å². The molecule has 0 fully saturated rings. The van der Waals surface area contributed by atoms with Crippen molar-refractivity contribution in [2.75, 3.05) is 13.2 Å². The minimum atomic E-state index is -2.00. The SMILES string of the molecule is C=CC(=O)C(C)CCC[Si](C)(OCC)OCC. The maximum Gasteiger partial charge on any atom is 0.334 e. The molecule has 0 aromatic rings. The maximum absolute atomic E-state index is 11.3. The molecule has 1 unspecified atom stereocenters. The molecule has 0 aliphatic heterocycles. The van der Waals surface area contributed by atoms with Crippen molar-refractivity contribution in [3.63, 3.8) is 0 Å². The van der Waals surface area contributed by atoms with E-state index in [1.807, 2.05) is 20.8 Å². The van der Waals surface area contributed by atoms with Crippen LogP contribution in [0.25, 0.3) is 0 Å². The van der Waals surface area contributed by atoms with Crippen LogP contribution in [0.15, 0.2) is 12.7 Å². The van der Waals surface area contributed by atoms with E-state index in [2.05, 4.69) is 13.1 Å². The Bertz CT molecular complexity index is 235. The van der Waals surface area contributed by atoms with Crippen molar-refractivity contribution in [3.8, 4) is 0 Å². The van der Waals surface area contributed by atoms with Crippen LogP contribution in [0.3, 0.4) is 0 Å². The van der Waals surface area contributed by atoms with Crippen molar-refractivity contribution < 1.29 is 13.6 Å². The molecule has 0 aliphatic carbocycles. The molecule has 0 amide bonds. The summed E-state index contributed by atoms with van der Waals surface area (Å²) in [6, 6.07) is 0.948. The van der Waals surface area contributed by atoms with Crippen molar-refractivity contribution in [1.82, 2.24) is 0 Å². The van der Waals surface area contributed by atoms with Crippen molar-refractivity contribution in [3.05, 3.63) is 12.7 Å². The molecule has 100 valence electrons. The van der Waals surface area contributed by atoms with Crippen molar-refractivity contribution >= 4 is 14.3 Å². The fraction of sp³-hybridized carbons (Fsp3) is 0.769. The van der Waals surface area contributed by atoms with Gasteiger partial charge in [-0.3, -0.25) is 4.79 Å². The van der Waals surface area contributed by atoms with Gasteiger partial charge in [-0.05, 0) is 38.9 Å². The van der Waals surface area contributed by atoms with E-state index in [9.17, 15) is 4.79 Å². The Balaban J connectivity index is 4.05. The molecule has 0 rings (SSSR count). The molecule has 0 aliphatic rings. The van der Waals surface area contributed by atoms with E-state index in [1.54, 1.807) is 0 Å². The minimum absolute atomic E-state index is 0.0639. The highest BCUT2D eigenvalue weighted by Gasteiger charge is 2.30. The summed E-state index contributed by atoms with van der Waals surface area (Å²) in [6.07, 6.45) is 3.27. The first kappa shape index (κ1) is 16.5. The molecule has 0 saturated heterocycles. The lowest BCUT2D eigenvalue weighted by atomic mass is 10.0. The van der Waals surface area contributed by atoms with Gasteiger partial charge in [-0.15, -0.1) is 0 Å². The summed E-state index contributed by atoms with van der Waals surface area (Å²) in [6.45, 7) is 12.9. The second-order valence-electron chi connectivity index (χ2n) is 4.40. The summed E-state index contributed by atoms with van der Waals surface area (Å²) >= 11 is 0. The standard InChI is InChI=1S/C13H26O3Si/c1-6-13(14)12(4)10-9-11-17(5,15-7-2)16-8-3/h6,12H,1,7-11H2,2-5H3. The zero-order valence-electron chi connectivity index (χ0n) is 11.6. The van der Waals surface area contributed by atoms with E-state index < -0.39 is 8.56 Å². The van der Waals surface area contributed by atoms with Gasteiger partial charge in [-0.25, -0.2) is 0 Å². The van der Waals surface area contributed by atoms with Crippen LogP contribution in [-0.2, 0) is 13.6 Å². The van der Waals surface area contributed by atoms with E-state index in [1.165, 1.54) is 6.08 Å². The van der Waals surface area contributed by atoms with Crippen LogP contribution in [0.1, 0.15) is 33.6 Å². The first-order valence-electron chi connectivity index (χ1n) is 6.43. The van der Waals surface area contributed by atoms with Gasteiger partial charge in [0.15, 0.2) is 5.78 Å². The van der Waals surface area contributed by atoms with Gasteiger partial charge in [0.25, 0.3) is 0 Å². The third-order valence-electron chi connectivity index (χ3n) is 2.85. The van der Waals surface area contributed by atoms with Crippen LogP contribution < -0.4 is 0 Å². The number of carbonyl (C=O) groups excluding carboxylic acids is 1. The maximum atomic E-state index is 11.3. The number of allylic oxidation sites excluding steroid dienone is 1. The summed E-state index contributed by atoms with van der Waals surface area (Å²) in [5, 5.41) is 0. The van der Waals surface area contributed by atoms with Crippen LogP contribution in [0, 0.1) is 5.92 Å². The van der Waals surface area contributed by atoms with Crippen LogP contribution >= 0.6 is 0 Å². The summed E-state index contributed by atoms with van der Waals surface area (Å²) in [7, 11) is -2.00. The Labute approximate surface area is 106 Å². The molecule has 1 atom stereocenters. The molecule has 17 heavy (non-hydrogen) atoms. The molecular weight excluding hydrogens is 232 g/mol. The molecule has 0 N–H and O–H groups in total. The molecule has 0 aromatic heterocycles. The Morgan fingerprint density at radius 3 is 2.29 bits per heavy atom. The van der Waals surface area contributed by atoms with Crippen molar-refractivity contribution in [1.29, 1.82) is 0 Å². The monoisotopic (exact) mass is 258 g/mol. The number of hydrogen-bond acceptors (Lipinski definition) is 3. The minimum Gasteiger partial charge on any atom is -0.395 e. The fourth-order valence-electron chi connectivity index (χ4n) is 1.87. The predicted molar refractivity (Wildman–Crippen MR) is 73.3 cm³/mol. The lowest BCUT2D eigenvalue weighted by Crippen LogP contribution is -2.38. The summed E-state index contributed by atoms with van der Waals surface area (Å²) in [4.78, 5) is 11.3. The summed E-state index contributed by atoms with van der Waals surface area (Å²) < 4.78 is 11.5. The molecule has 0 radical (unpaired) electrons. The summed E-state index contributed by atoms with van der Waals surface area (Å²) in [5.74, 6) is 0.190. The number of rotatable bonds is 10. The van der Waals surface area contributed by atoms with Crippen LogP contribution in [0.2, 0.25) is 12.6 Å². The van der Waals surface area contributed by atoms with Crippen molar-refractivity contribution in [2.24, 2.45) is 5.92 Å². The second-order valence-corrected chi connectivity index (χ2v) is 7.74. The number of carbonyl (C=O) groups is 1. The zero-order chi connectivity index (χ0) is 13.3. The lowest BCUT2D eigenvalue weighted by Gasteiger charge is -2.26. The zero-order valence-corrected chi connectivity index (χ0v) is 12.6. The van der Waals surface area contributed by atoms with Gasteiger partial charge in [-0.1, -0.05) is 19.9 Å².